The predicted molar refractivity (Wildman–Crippen MR) is 118 cm³/mol. The second kappa shape index (κ2) is 8.73. The molecule has 4 nitrogen and oxygen atoms in total. The molecule has 0 heterocycles. The van der Waals surface area contributed by atoms with E-state index in [0.717, 1.165) is 42.9 Å². The summed E-state index contributed by atoms with van der Waals surface area (Å²) in [5.74, 6) is 4.40. The molecule has 0 aliphatic heterocycles. The third kappa shape index (κ3) is 3.85. The number of ether oxygens (including phenoxy) is 1. The standard InChI is InChI=1S/C26H44O4/c1-17(4-9-24(29)30-15-14-27)21-7-8-22-20-6-5-18-16-19(28)10-12-25(18,2)23(20)11-13-26(21,22)3/h17-23,27-28H,4-16H2,1-3H3/t17-,18-,19-,20+,21-,22+,23+,25+,26-/m1/s1. The van der Waals surface area contributed by atoms with Crippen LogP contribution < -0.4 is 0 Å². The van der Waals surface area contributed by atoms with Crippen LogP contribution in [0.25, 0.3) is 0 Å². The van der Waals surface area contributed by atoms with Gasteiger partial charge >= 0.3 is 5.97 Å². The highest BCUT2D eigenvalue weighted by Crippen LogP contribution is 2.68. The van der Waals surface area contributed by atoms with Crippen LogP contribution >= 0.6 is 0 Å². The number of esters is 1. The van der Waals surface area contributed by atoms with Gasteiger partial charge < -0.3 is 14.9 Å². The molecule has 172 valence electrons. The topological polar surface area (TPSA) is 66.8 Å². The van der Waals surface area contributed by atoms with Crippen molar-refractivity contribution in [3.8, 4) is 0 Å². The summed E-state index contributed by atoms with van der Waals surface area (Å²) in [6, 6.07) is 0. The normalized spacial score (nSPS) is 46.4. The summed E-state index contributed by atoms with van der Waals surface area (Å²) >= 11 is 0. The number of hydrogen-bond donors (Lipinski definition) is 2. The molecular weight excluding hydrogens is 376 g/mol. The average molecular weight is 421 g/mol. The van der Waals surface area contributed by atoms with Crippen molar-refractivity contribution in [2.75, 3.05) is 13.2 Å². The van der Waals surface area contributed by atoms with Gasteiger partial charge in [-0.1, -0.05) is 20.8 Å². The number of aliphatic hydroxyl groups excluding tert-OH is 2. The van der Waals surface area contributed by atoms with Gasteiger partial charge in [0.1, 0.15) is 6.61 Å². The number of rotatable bonds is 6. The van der Waals surface area contributed by atoms with Gasteiger partial charge in [0.15, 0.2) is 0 Å². The third-order valence-electron chi connectivity index (χ3n) is 10.6. The Morgan fingerprint density at radius 3 is 2.53 bits per heavy atom. The lowest BCUT2D eigenvalue weighted by Gasteiger charge is -2.61. The molecule has 0 radical (unpaired) electrons. The van der Waals surface area contributed by atoms with Crippen molar-refractivity contribution in [1.29, 1.82) is 0 Å². The van der Waals surface area contributed by atoms with E-state index in [1.165, 1.54) is 44.9 Å². The predicted octanol–water partition coefficient (Wildman–Crippen LogP) is 4.96. The number of hydrogen-bond acceptors (Lipinski definition) is 4. The molecule has 30 heavy (non-hydrogen) atoms. The van der Waals surface area contributed by atoms with Crippen molar-refractivity contribution >= 4 is 5.97 Å². The van der Waals surface area contributed by atoms with Crippen LogP contribution in [0.2, 0.25) is 0 Å². The van der Waals surface area contributed by atoms with Gasteiger partial charge in [-0.3, -0.25) is 4.79 Å². The zero-order chi connectivity index (χ0) is 21.5. The molecular formula is C26H44O4. The minimum Gasteiger partial charge on any atom is -0.463 e. The highest BCUT2D eigenvalue weighted by molar-refractivity contribution is 5.69. The van der Waals surface area contributed by atoms with E-state index >= 15 is 0 Å². The summed E-state index contributed by atoms with van der Waals surface area (Å²) in [6.45, 7) is 7.52. The fourth-order valence-corrected chi connectivity index (χ4v) is 8.99. The van der Waals surface area contributed by atoms with Crippen LogP contribution in [-0.2, 0) is 9.53 Å². The zero-order valence-electron chi connectivity index (χ0n) is 19.4. The Hall–Kier alpha value is -0.610. The van der Waals surface area contributed by atoms with Crippen molar-refractivity contribution in [3.05, 3.63) is 0 Å². The Bertz CT molecular complexity index is 620. The monoisotopic (exact) mass is 420 g/mol. The summed E-state index contributed by atoms with van der Waals surface area (Å²) in [6.07, 6.45) is 12.7. The van der Waals surface area contributed by atoms with E-state index < -0.39 is 0 Å². The largest absolute Gasteiger partial charge is 0.463 e. The van der Waals surface area contributed by atoms with E-state index in [4.69, 9.17) is 9.84 Å². The number of carbonyl (C=O) groups excluding carboxylic acids is 1. The van der Waals surface area contributed by atoms with Crippen LogP contribution in [-0.4, -0.2) is 35.5 Å². The van der Waals surface area contributed by atoms with E-state index in [2.05, 4.69) is 20.8 Å². The Kier molecular flexibility index (Phi) is 6.57. The van der Waals surface area contributed by atoms with Crippen LogP contribution in [0, 0.1) is 46.3 Å². The van der Waals surface area contributed by atoms with Crippen LogP contribution in [0.1, 0.15) is 91.4 Å². The molecule has 2 N–H and O–H groups in total. The first kappa shape index (κ1) is 22.6. The highest BCUT2D eigenvalue weighted by atomic mass is 16.5. The fourth-order valence-electron chi connectivity index (χ4n) is 8.99. The first-order valence-corrected chi connectivity index (χ1v) is 12.7. The van der Waals surface area contributed by atoms with Crippen molar-refractivity contribution in [2.24, 2.45) is 46.3 Å². The second-order valence-corrected chi connectivity index (χ2v) is 11.8. The molecule has 4 aliphatic rings. The maximum absolute atomic E-state index is 11.9. The molecule has 4 aliphatic carbocycles. The Morgan fingerprint density at radius 1 is 1.03 bits per heavy atom. The molecule has 4 saturated carbocycles. The molecule has 0 bridgehead atoms. The molecule has 9 atom stereocenters. The third-order valence-corrected chi connectivity index (χ3v) is 10.6. The van der Waals surface area contributed by atoms with Crippen molar-refractivity contribution in [3.63, 3.8) is 0 Å². The number of carbonyl (C=O) groups is 1. The molecule has 0 aromatic rings. The van der Waals surface area contributed by atoms with Gasteiger partial charge in [0, 0.05) is 6.42 Å². The lowest BCUT2D eigenvalue weighted by atomic mass is 9.44. The molecule has 0 aromatic carbocycles. The van der Waals surface area contributed by atoms with Gasteiger partial charge in [-0.05, 0) is 111 Å². The quantitative estimate of drug-likeness (QED) is 0.596. The van der Waals surface area contributed by atoms with Crippen LogP contribution in [0.5, 0.6) is 0 Å². The molecule has 0 saturated heterocycles. The summed E-state index contributed by atoms with van der Waals surface area (Å²) in [5.41, 5.74) is 0.872. The fraction of sp³-hybridized carbons (Fsp3) is 0.962. The van der Waals surface area contributed by atoms with E-state index in [9.17, 15) is 9.90 Å². The molecule has 4 rings (SSSR count). The van der Waals surface area contributed by atoms with Crippen molar-refractivity contribution in [2.45, 2.75) is 97.5 Å². The van der Waals surface area contributed by atoms with Crippen LogP contribution in [0.4, 0.5) is 0 Å². The van der Waals surface area contributed by atoms with Crippen molar-refractivity contribution < 1.29 is 19.7 Å². The van der Waals surface area contributed by atoms with E-state index in [-0.39, 0.29) is 25.3 Å². The Balaban J connectivity index is 1.42. The van der Waals surface area contributed by atoms with Crippen molar-refractivity contribution in [1.82, 2.24) is 0 Å². The summed E-state index contributed by atoms with van der Waals surface area (Å²) in [5, 5.41) is 19.1. The van der Waals surface area contributed by atoms with E-state index in [0.29, 0.717) is 29.1 Å². The molecule has 4 fully saturated rings. The van der Waals surface area contributed by atoms with Gasteiger partial charge in [0.2, 0.25) is 0 Å². The first-order chi connectivity index (χ1) is 14.3. The zero-order valence-corrected chi connectivity index (χ0v) is 19.4. The molecule has 0 aromatic heterocycles. The minimum absolute atomic E-state index is 0.0609. The maximum atomic E-state index is 11.9. The van der Waals surface area contributed by atoms with E-state index in [1.807, 2.05) is 0 Å². The highest BCUT2D eigenvalue weighted by Gasteiger charge is 2.60. The van der Waals surface area contributed by atoms with Gasteiger partial charge in [0.25, 0.3) is 0 Å². The molecule has 0 amide bonds. The summed E-state index contributed by atoms with van der Waals surface area (Å²) in [7, 11) is 0. The minimum atomic E-state index is -0.162. The number of fused-ring (bicyclic) bond motifs is 5. The first-order valence-electron chi connectivity index (χ1n) is 12.7. The smallest absolute Gasteiger partial charge is 0.305 e. The van der Waals surface area contributed by atoms with Gasteiger partial charge in [-0.25, -0.2) is 0 Å². The Morgan fingerprint density at radius 2 is 1.77 bits per heavy atom. The summed E-state index contributed by atoms with van der Waals surface area (Å²) < 4.78 is 5.07. The second-order valence-electron chi connectivity index (χ2n) is 11.8. The molecule has 0 spiro atoms. The molecule has 0 unspecified atom stereocenters. The maximum Gasteiger partial charge on any atom is 0.305 e. The van der Waals surface area contributed by atoms with Gasteiger partial charge in [-0.2, -0.15) is 0 Å². The molecule has 4 heteroatoms. The lowest BCUT2D eigenvalue weighted by molar-refractivity contribution is -0.145. The van der Waals surface area contributed by atoms with Gasteiger partial charge in [-0.15, -0.1) is 0 Å². The Labute approximate surface area is 183 Å². The summed E-state index contributed by atoms with van der Waals surface area (Å²) in [4.78, 5) is 11.9. The van der Waals surface area contributed by atoms with E-state index in [1.54, 1.807) is 0 Å². The SMILES string of the molecule is C[C@H](CCC(=O)OCCO)[C@H]1CC[C@H]2[C@@H]3CC[C@@H]4C[C@H](O)CC[C@]4(C)[C@H]3CC[C@]12C. The number of aliphatic hydroxyl groups is 2. The average Bonchev–Trinajstić information content (AvgIpc) is 3.08. The van der Waals surface area contributed by atoms with Crippen LogP contribution in [0.3, 0.4) is 0 Å². The van der Waals surface area contributed by atoms with Gasteiger partial charge in [0.05, 0.1) is 12.7 Å². The lowest BCUT2D eigenvalue weighted by Crippen LogP contribution is -2.54. The van der Waals surface area contributed by atoms with Crippen LogP contribution in [0.15, 0.2) is 0 Å².